The van der Waals surface area contributed by atoms with Gasteiger partial charge in [0.15, 0.2) is 0 Å². The van der Waals surface area contributed by atoms with Gasteiger partial charge in [-0.3, -0.25) is 24.5 Å². The Kier molecular flexibility index (Phi) is 5.97. The van der Waals surface area contributed by atoms with E-state index in [1.54, 1.807) is 24.3 Å². The lowest BCUT2D eigenvalue weighted by Crippen LogP contribution is -2.49. The molecule has 9 heteroatoms. The molecular weight excluding hydrogens is 434 g/mol. The molecule has 0 bridgehead atoms. The van der Waals surface area contributed by atoms with Crippen molar-refractivity contribution < 1.29 is 19.3 Å². The minimum atomic E-state index is -0.604. The van der Waals surface area contributed by atoms with Gasteiger partial charge < -0.3 is 0 Å². The van der Waals surface area contributed by atoms with E-state index in [9.17, 15) is 24.5 Å². The van der Waals surface area contributed by atoms with E-state index in [1.807, 2.05) is 0 Å². The second kappa shape index (κ2) is 8.70. The quantitative estimate of drug-likeness (QED) is 0.381. The van der Waals surface area contributed by atoms with Crippen LogP contribution in [0.4, 0.5) is 5.69 Å². The van der Waals surface area contributed by atoms with E-state index < -0.39 is 22.7 Å². The number of nitro benzene ring substituents is 1. The van der Waals surface area contributed by atoms with Gasteiger partial charge in [0.25, 0.3) is 23.4 Å². The van der Waals surface area contributed by atoms with Gasteiger partial charge in [-0.05, 0) is 48.9 Å². The summed E-state index contributed by atoms with van der Waals surface area (Å²) in [6, 6.07) is 12.0. The maximum absolute atomic E-state index is 13.5. The van der Waals surface area contributed by atoms with Crippen molar-refractivity contribution in [3.05, 3.63) is 74.8 Å². The summed E-state index contributed by atoms with van der Waals surface area (Å²) in [6.07, 6.45) is 2.07. The van der Waals surface area contributed by atoms with Gasteiger partial charge in [-0.2, -0.15) is 5.01 Å². The van der Waals surface area contributed by atoms with Crippen LogP contribution in [0, 0.1) is 27.9 Å². The average Bonchev–Trinajstić information content (AvgIpc) is 3.02. The highest BCUT2D eigenvalue weighted by Crippen LogP contribution is 2.41. The first-order chi connectivity index (χ1) is 15.3. The molecule has 1 heterocycles. The number of carbonyl (C=O) groups is 3. The van der Waals surface area contributed by atoms with Crippen molar-refractivity contribution >= 4 is 35.0 Å². The number of non-ortho nitro benzene ring substituents is 1. The third-order valence-electron chi connectivity index (χ3n) is 6.24. The Morgan fingerprint density at radius 1 is 1.09 bits per heavy atom. The van der Waals surface area contributed by atoms with Crippen molar-refractivity contribution in [2.24, 2.45) is 17.8 Å². The van der Waals surface area contributed by atoms with Crippen LogP contribution in [0.5, 0.6) is 0 Å². The minimum Gasteiger partial charge on any atom is -0.272 e. The number of imide groups is 1. The number of amides is 3. The van der Waals surface area contributed by atoms with E-state index in [-0.39, 0.29) is 29.6 Å². The summed E-state index contributed by atoms with van der Waals surface area (Å²) >= 11 is 6.29. The molecule has 1 saturated carbocycles. The van der Waals surface area contributed by atoms with E-state index in [1.165, 1.54) is 24.3 Å². The molecule has 32 heavy (non-hydrogen) atoms. The van der Waals surface area contributed by atoms with E-state index in [2.05, 4.69) is 6.92 Å². The van der Waals surface area contributed by atoms with Crippen LogP contribution in [-0.2, 0) is 16.1 Å². The molecule has 0 spiro atoms. The zero-order valence-corrected chi connectivity index (χ0v) is 18.2. The van der Waals surface area contributed by atoms with Crippen LogP contribution in [0.25, 0.3) is 0 Å². The van der Waals surface area contributed by atoms with Crippen molar-refractivity contribution in [2.45, 2.75) is 32.7 Å². The molecule has 1 aliphatic carbocycles. The molecule has 2 aromatic rings. The molecule has 3 amide bonds. The highest BCUT2D eigenvalue weighted by Gasteiger charge is 2.52. The molecule has 1 aliphatic heterocycles. The Bertz CT molecular complexity index is 1090. The largest absolute Gasteiger partial charge is 0.273 e. The van der Waals surface area contributed by atoms with E-state index in [4.69, 9.17) is 11.6 Å². The van der Waals surface area contributed by atoms with Crippen LogP contribution >= 0.6 is 11.6 Å². The summed E-state index contributed by atoms with van der Waals surface area (Å²) in [7, 11) is 0. The smallest absolute Gasteiger partial charge is 0.272 e. The Labute approximate surface area is 189 Å². The first-order valence-corrected chi connectivity index (χ1v) is 10.8. The van der Waals surface area contributed by atoms with Crippen molar-refractivity contribution in [3.8, 4) is 0 Å². The predicted molar refractivity (Wildman–Crippen MR) is 116 cm³/mol. The van der Waals surface area contributed by atoms with Gasteiger partial charge in [0, 0.05) is 22.7 Å². The maximum Gasteiger partial charge on any atom is 0.273 e. The first kappa shape index (κ1) is 22.0. The van der Waals surface area contributed by atoms with Crippen LogP contribution in [0.15, 0.2) is 48.5 Å². The number of hydrazine groups is 1. The Balaban J connectivity index is 1.71. The molecule has 4 rings (SSSR count). The number of benzene rings is 2. The number of hydrogen-bond donors (Lipinski definition) is 0. The van der Waals surface area contributed by atoms with Gasteiger partial charge in [0.2, 0.25) is 0 Å². The van der Waals surface area contributed by atoms with Crippen molar-refractivity contribution in [3.63, 3.8) is 0 Å². The highest BCUT2D eigenvalue weighted by molar-refractivity contribution is 6.31. The molecule has 2 aromatic carbocycles. The van der Waals surface area contributed by atoms with Gasteiger partial charge in [-0.15, -0.1) is 0 Å². The summed E-state index contributed by atoms with van der Waals surface area (Å²) in [5, 5.41) is 13.5. The van der Waals surface area contributed by atoms with Gasteiger partial charge in [0.1, 0.15) is 0 Å². The number of halogens is 1. The molecule has 8 nitrogen and oxygen atoms in total. The van der Waals surface area contributed by atoms with Gasteiger partial charge in [0.05, 0.1) is 23.3 Å². The summed E-state index contributed by atoms with van der Waals surface area (Å²) in [6.45, 7) is 1.97. The molecule has 2 aliphatic rings. The Morgan fingerprint density at radius 3 is 2.41 bits per heavy atom. The van der Waals surface area contributed by atoms with Gasteiger partial charge >= 0.3 is 0 Å². The van der Waals surface area contributed by atoms with Crippen LogP contribution in [0.1, 0.15) is 42.1 Å². The lowest BCUT2D eigenvalue weighted by Gasteiger charge is -2.31. The van der Waals surface area contributed by atoms with Crippen molar-refractivity contribution in [2.75, 3.05) is 0 Å². The number of nitrogens with zero attached hydrogens (tertiary/aromatic N) is 3. The van der Waals surface area contributed by atoms with Gasteiger partial charge in [-0.25, -0.2) is 5.01 Å². The van der Waals surface area contributed by atoms with Crippen molar-refractivity contribution in [1.82, 2.24) is 10.0 Å². The lowest BCUT2D eigenvalue weighted by molar-refractivity contribution is -0.384. The summed E-state index contributed by atoms with van der Waals surface area (Å²) in [4.78, 5) is 50.4. The lowest BCUT2D eigenvalue weighted by atomic mass is 9.76. The fourth-order valence-corrected chi connectivity index (χ4v) is 4.70. The Morgan fingerprint density at radius 2 is 1.75 bits per heavy atom. The SMILES string of the molecule is C[C@@H]1CC[C@@H]2C(=O)N(N(Cc3ccccc3Cl)C(=O)c3ccc([N+](=O)[O-])cc3)C(=O)[C@H]2C1. The normalized spacial score (nSPS) is 22.6. The summed E-state index contributed by atoms with van der Waals surface area (Å²) < 4.78 is 0. The highest BCUT2D eigenvalue weighted by atomic mass is 35.5. The second-order valence-electron chi connectivity index (χ2n) is 8.38. The third kappa shape index (κ3) is 3.98. The third-order valence-corrected chi connectivity index (χ3v) is 6.61. The molecule has 0 N–H and O–H groups in total. The monoisotopic (exact) mass is 455 g/mol. The zero-order valence-electron chi connectivity index (χ0n) is 17.4. The Hall–Kier alpha value is -3.26. The fraction of sp³-hybridized carbons (Fsp3) is 0.348. The molecule has 1 saturated heterocycles. The topological polar surface area (TPSA) is 101 Å². The molecule has 2 fully saturated rings. The number of fused-ring (bicyclic) bond motifs is 1. The first-order valence-electron chi connectivity index (χ1n) is 10.5. The fourth-order valence-electron chi connectivity index (χ4n) is 4.51. The van der Waals surface area contributed by atoms with Gasteiger partial charge in [-0.1, -0.05) is 36.7 Å². The molecule has 0 radical (unpaired) electrons. The second-order valence-corrected chi connectivity index (χ2v) is 8.78. The van der Waals surface area contributed by atoms with Crippen LogP contribution < -0.4 is 0 Å². The van der Waals surface area contributed by atoms with E-state index in [0.717, 1.165) is 16.4 Å². The number of hydrogen-bond acceptors (Lipinski definition) is 5. The molecule has 166 valence electrons. The molecule has 0 aromatic heterocycles. The van der Waals surface area contributed by atoms with Crippen LogP contribution in [-0.4, -0.2) is 32.7 Å². The van der Waals surface area contributed by atoms with Crippen molar-refractivity contribution in [1.29, 1.82) is 0 Å². The van der Waals surface area contributed by atoms with Crippen LogP contribution in [0.2, 0.25) is 5.02 Å². The number of carbonyl (C=O) groups excluding carboxylic acids is 3. The predicted octanol–water partition coefficient (Wildman–Crippen LogP) is 4.23. The number of nitro groups is 1. The average molecular weight is 456 g/mol. The minimum absolute atomic E-state index is 0.0814. The summed E-state index contributed by atoms with van der Waals surface area (Å²) in [5.41, 5.74) is 0.548. The molecule has 3 atom stereocenters. The number of rotatable bonds is 5. The molecular formula is C23H22ClN3O5. The summed E-state index contributed by atoms with van der Waals surface area (Å²) in [5.74, 6) is -1.91. The van der Waals surface area contributed by atoms with E-state index in [0.29, 0.717) is 29.3 Å². The maximum atomic E-state index is 13.5. The zero-order chi connectivity index (χ0) is 23.0. The van der Waals surface area contributed by atoms with E-state index >= 15 is 0 Å². The molecule has 0 unspecified atom stereocenters. The standard InChI is InChI=1S/C23H22ClN3O5/c1-14-6-11-18-19(12-14)23(30)26(22(18)29)25(13-16-4-2-3-5-20(16)24)21(28)15-7-9-17(10-8-15)27(31)32/h2-5,7-10,14,18-19H,6,11-13H2,1H3/t14-,18+,19+/m1/s1. The van der Waals surface area contributed by atoms with Crippen LogP contribution in [0.3, 0.4) is 0 Å².